The molecule has 0 aromatic heterocycles. The topological polar surface area (TPSA) is 91.2 Å². The number of benzene rings is 3. The average molecular weight is 604 g/mol. The van der Waals surface area contributed by atoms with Crippen molar-refractivity contribution in [2.45, 2.75) is 6.92 Å². The van der Waals surface area contributed by atoms with Crippen molar-refractivity contribution in [2.75, 3.05) is 17.2 Å². The van der Waals surface area contributed by atoms with Gasteiger partial charge in [0, 0.05) is 15.7 Å². The predicted octanol–water partition coefficient (Wildman–Crippen LogP) is 6.74. The lowest BCUT2D eigenvalue weighted by Gasteiger charge is -2.13. The lowest BCUT2D eigenvalue weighted by molar-refractivity contribution is -0.118. The van der Waals surface area contributed by atoms with Gasteiger partial charge in [-0.1, -0.05) is 57.4 Å². The maximum atomic E-state index is 12.7. The van der Waals surface area contributed by atoms with Crippen LogP contribution in [0, 0.1) is 18.3 Å². The molecule has 0 bridgehead atoms. The maximum Gasteiger partial charge on any atom is 0.266 e. The van der Waals surface area contributed by atoms with Crippen molar-refractivity contribution >= 4 is 72.7 Å². The first-order valence-corrected chi connectivity index (χ1v) is 11.9. The molecule has 172 valence electrons. The number of amides is 2. The summed E-state index contributed by atoms with van der Waals surface area (Å²) in [6.45, 7) is 1.62. The third-order valence-corrected chi connectivity index (χ3v) is 5.88. The van der Waals surface area contributed by atoms with Crippen LogP contribution in [0.5, 0.6) is 5.75 Å². The number of para-hydroxylation sites is 1. The minimum Gasteiger partial charge on any atom is -0.482 e. The molecular weight excluding hydrogens is 586 g/mol. The van der Waals surface area contributed by atoms with Gasteiger partial charge in [0.05, 0.1) is 15.2 Å². The number of halogens is 3. The molecular formula is C25H18Br2ClN3O3. The van der Waals surface area contributed by atoms with E-state index in [2.05, 4.69) is 42.5 Å². The van der Waals surface area contributed by atoms with E-state index in [9.17, 15) is 14.9 Å². The zero-order valence-corrected chi connectivity index (χ0v) is 21.8. The highest BCUT2D eigenvalue weighted by Crippen LogP contribution is 2.34. The van der Waals surface area contributed by atoms with Gasteiger partial charge >= 0.3 is 0 Å². The molecule has 2 N–H and O–H groups in total. The van der Waals surface area contributed by atoms with E-state index in [1.165, 1.54) is 6.08 Å². The fourth-order valence-electron chi connectivity index (χ4n) is 2.87. The number of hydrogen-bond donors (Lipinski definition) is 2. The monoisotopic (exact) mass is 601 g/mol. The van der Waals surface area contributed by atoms with E-state index in [-0.39, 0.29) is 12.2 Å². The molecule has 0 saturated heterocycles. The van der Waals surface area contributed by atoms with Crippen LogP contribution >= 0.6 is 43.5 Å². The van der Waals surface area contributed by atoms with Crippen LogP contribution in [0.15, 0.2) is 75.2 Å². The van der Waals surface area contributed by atoms with Crippen molar-refractivity contribution in [3.63, 3.8) is 0 Å². The van der Waals surface area contributed by atoms with Gasteiger partial charge in [0.1, 0.15) is 17.4 Å². The van der Waals surface area contributed by atoms with Gasteiger partial charge in [0.15, 0.2) is 6.61 Å². The second kappa shape index (κ2) is 11.8. The molecule has 0 radical (unpaired) electrons. The Balaban J connectivity index is 1.80. The van der Waals surface area contributed by atoms with Crippen molar-refractivity contribution in [3.8, 4) is 11.8 Å². The normalized spacial score (nSPS) is 10.9. The molecule has 3 aromatic rings. The number of carbonyl (C=O) groups is 2. The standard InChI is InChI=1S/C25H18Br2ClN3O3/c1-15-6-8-19(9-7-15)30-25(33)17(13-29)10-16-11-18(26)12-20(27)24(16)34-14-23(32)31-22-5-3-2-4-21(22)28/h2-12H,14H2,1H3,(H,30,33)(H,31,32)/b17-10-. The van der Waals surface area contributed by atoms with E-state index in [4.69, 9.17) is 16.3 Å². The third-order valence-electron chi connectivity index (χ3n) is 4.51. The van der Waals surface area contributed by atoms with Crippen LogP contribution < -0.4 is 15.4 Å². The van der Waals surface area contributed by atoms with Gasteiger partial charge in [-0.25, -0.2) is 0 Å². The molecule has 0 aliphatic heterocycles. The minimum atomic E-state index is -0.565. The molecule has 3 aromatic carbocycles. The number of anilines is 2. The largest absolute Gasteiger partial charge is 0.482 e. The number of nitrogens with one attached hydrogen (secondary N) is 2. The number of nitriles is 1. The highest BCUT2D eigenvalue weighted by atomic mass is 79.9. The number of carbonyl (C=O) groups excluding carboxylic acids is 2. The van der Waals surface area contributed by atoms with E-state index >= 15 is 0 Å². The van der Waals surface area contributed by atoms with Crippen LogP contribution in [-0.4, -0.2) is 18.4 Å². The zero-order valence-electron chi connectivity index (χ0n) is 17.9. The van der Waals surface area contributed by atoms with Crippen molar-refractivity contribution in [1.82, 2.24) is 0 Å². The van der Waals surface area contributed by atoms with Crippen LogP contribution in [0.2, 0.25) is 5.02 Å². The molecule has 0 aliphatic rings. The first-order valence-electron chi connectivity index (χ1n) is 9.93. The van der Waals surface area contributed by atoms with Crippen LogP contribution in [0.25, 0.3) is 6.08 Å². The highest BCUT2D eigenvalue weighted by Gasteiger charge is 2.16. The van der Waals surface area contributed by atoms with Gasteiger partial charge in [-0.3, -0.25) is 9.59 Å². The van der Waals surface area contributed by atoms with E-state index in [1.807, 2.05) is 25.1 Å². The quantitative estimate of drug-likeness (QED) is 0.231. The van der Waals surface area contributed by atoms with Gasteiger partial charge in [0.2, 0.25) is 0 Å². The van der Waals surface area contributed by atoms with Gasteiger partial charge in [-0.05, 0) is 65.3 Å². The summed E-state index contributed by atoms with van der Waals surface area (Å²) in [6.07, 6.45) is 1.40. The smallest absolute Gasteiger partial charge is 0.266 e. The Morgan fingerprint density at radius 1 is 1.09 bits per heavy atom. The Hall–Kier alpha value is -3.12. The van der Waals surface area contributed by atoms with E-state index in [1.54, 1.807) is 48.5 Å². The Kier molecular flexibility index (Phi) is 8.88. The average Bonchev–Trinajstić information content (AvgIpc) is 2.79. The van der Waals surface area contributed by atoms with Crippen molar-refractivity contribution in [1.29, 1.82) is 5.26 Å². The van der Waals surface area contributed by atoms with Gasteiger partial charge < -0.3 is 15.4 Å². The summed E-state index contributed by atoms with van der Waals surface area (Å²) < 4.78 is 6.97. The predicted molar refractivity (Wildman–Crippen MR) is 141 cm³/mol. The maximum absolute atomic E-state index is 12.7. The second-order valence-corrected chi connectivity index (χ2v) is 9.29. The molecule has 6 nitrogen and oxygen atoms in total. The molecule has 9 heteroatoms. The van der Waals surface area contributed by atoms with Gasteiger partial charge in [0.25, 0.3) is 11.8 Å². The Bertz CT molecular complexity index is 1300. The lowest BCUT2D eigenvalue weighted by atomic mass is 10.1. The molecule has 0 spiro atoms. The van der Waals surface area contributed by atoms with Crippen molar-refractivity contribution in [3.05, 3.63) is 91.3 Å². The molecule has 2 amide bonds. The number of ether oxygens (including phenoxy) is 1. The second-order valence-electron chi connectivity index (χ2n) is 7.11. The minimum absolute atomic E-state index is 0.129. The molecule has 0 aliphatic carbocycles. The summed E-state index contributed by atoms with van der Waals surface area (Å²) >= 11 is 12.9. The van der Waals surface area contributed by atoms with Gasteiger partial charge in [-0.2, -0.15) is 5.26 Å². The summed E-state index contributed by atoms with van der Waals surface area (Å²) in [4.78, 5) is 25.1. The summed E-state index contributed by atoms with van der Waals surface area (Å²) in [6, 6.07) is 19.4. The Morgan fingerprint density at radius 3 is 2.47 bits per heavy atom. The number of aryl methyl sites for hydroxylation is 1. The Labute approximate surface area is 218 Å². The van der Waals surface area contributed by atoms with E-state index in [0.717, 1.165) is 5.56 Å². The highest BCUT2D eigenvalue weighted by molar-refractivity contribution is 9.11. The molecule has 0 unspecified atom stereocenters. The summed E-state index contributed by atoms with van der Waals surface area (Å²) in [5.41, 5.74) is 2.39. The van der Waals surface area contributed by atoms with Gasteiger partial charge in [-0.15, -0.1) is 0 Å². The SMILES string of the molecule is Cc1ccc(NC(=O)/C(C#N)=C\c2cc(Br)cc(Br)c2OCC(=O)Nc2ccccc2Cl)cc1. The van der Waals surface area contributed by atoms with Crippen molar-refractivity contribution < 1.29 is 14.3 Å². The van der Waals surface area contributed by atoms with Crippen LogP contribution in [0.1, 0.15) is 11.1 Å². The van der Waals surface area contributed by atoms with Crippen LogP contribution in [0.3, 0.4) is 0 Å². The van der Waals surface area contributed by atoms with Crippen LogP contribution in [-0.2, 0) is 9.59 Å². The number of rotatable bonds is 7. The van der Waals surface area contributed by atoms with E-state index < -0.39 is 11.8 Å². The first kappa shape index (κ1) is 25.5. The molecule has 3 rings (SSSR count). The fraction of sp³-hybridized carbons (Fsp3) is 0.0800. The zero-order chi connectivity index (χ0) is 24.7. The Morgan fingerprint density at radius 2 is 1.79 bits per heavy atom. The number of nitrogens with zero attached hydrogens (tertiary/aromatic N) is 1. The molecule has 0 saturated carbocycles. The molecule has 0 atom stereocenters. The lowest BCUT2D eigenvalue weighted by Crippen LogP contribution is -2.20. The molecule has 0 heterocycles. The fourth-order valence-corrected chi connectivity index (χ4v) is 4.42. The number of hydrogen-bond acceptors (Lipinski definition) is 4. The summed E-state index contributed by atoms with van der Waals surface area (Å²) in [7, 11) is 0. The van der Waals surface area contributed by atoms with E-state index in [0.29, 0.717) is 36.7 Å². The summed E-state index contributed by atoms with van der Waals surface area (Å²) in [5.74, 6) is -0.686. The van der Waals surface area contributed by atoms with Crippen molar-refractivity contribution in [2.24, 2.45) is 0 Å². The third kappa shape index (κ3) is 6.94. The molecule has 0 fully saturated rings. The van der Waals surface area contributed by atoms with Crippen LogP contribution in [0.4, 0.5) is 11.4 Å². The molecule has 34 heavy (non-hydrogen) atoms. The summed E-state index contributed by atoms with van der Waals surface area (Å²) in [5, 5.41) is 15.4. The first-order chi connectivity index (χ1) is 16.3.